The zero-order valence-electron chi connectivity index (χ0n) is 18.2. The van der Waals surface area contributed by atoms with Gasteiger partial charge in [0.1, 0.15) is 17.2 Å². The second-order valence-electron chi connectivity index (χ2n) is 8.96. The number of aromatic hydroxyl groups is 2. The zero-order valence-corrected chi connectivity index (χ0v) is 18.2. The van der Waals surface area contributed by atoms with Gasteiger partial charge in [-0.2, -0.15) is 0 Å². The number of para-hydroxylation sites is 1. The van der Waals surface area contributed by atoms with Crippen LogP contribution in [0.15, 0.2) is 42.5 Å². The van der Waals surface area contributed by atoms with E-state index in [4.69, 9.17) is 14.9 Å². The highest BCUT2D eigenvalue weighted by molar-refractivity contribution is 5.66. The molecular weight excluding hydrogens is 434 g/mol. The van der Waals surface area contributed by atoms with E-state index in [1.54, 1.807) is 6.07 Å². The fourth-order valence-electron chi connectivity index (χ4n) is 4.94. The van der Waals surface area contributed by atoms with Crippen molar-refractivity contribution in [2.75, 3.05) is 32.8 Å². The summed E-state index contributed by atoms with van der Waals surface area (Å²) in [4.78, 5) is 14.7. The van der Waals surface area contributed by atoms with Gasteiger partial charge >= 0.3 is 6.09 Å². The molecule has 1 amide bonds. The molecule has 2 aromatic carbocycles. The van der Waals surface area contributed by atoms with Gasteiger partial charge in [-0.1, -0.05) is 12.1 Å². The summed E-state index contributed by atoms with van der Waals surface area (Å²) in [6.07, 6.45) is 1.74. The third kappa shape index (κ3) is 5.20. The first-order valence-corrected chi connectivity index (χ1v) is 11.0. The standard InChI is InChI=1S/C18H23FN2O4.C6H5FO/c19-13-1-2-16(22)15(7-13)12-3-5-20(6-4-12)14-8-18(25-9-14)10-21(11-18)17(23)24;7-5-3-1-2-4-6(5)8/h1-2,7,12,14,22H,3-6,8-11H2,(H,23,24);1-4,8H. The molecule has 33 heavy (non-hydrogen) atoms. The lowest BCUT2D eigenvalue weighted by molar-refractivity contribution is -0.0982. The van der Waals surface area contributed by atoms with Crippen molar-refractivity contribution < 1.29 is 33.6 Å². The van der Waals surface area contributed by atoms with Crippen LogP contribution in [0.1, 0.15) is 30.7 Å². The molecule has 0 radical (unpaired) electrons. The molecule has 5 rings (SSSR count). The van der Waals surface area contributed by atoms with E-state index in [2.05, 4.69) is 4.90 Å². The summed E-state index contributed by atoms with van der Waals surface area (Å²) >= 11 is 0. The molecule has 0 aliphatic carbocycles. The zero-order chi connectivity index (χ0) is 23.6. The number of likely N-dealkylation sites (tertiary alicyclic amines) is 2. The van der Waals surface area contributed by atoms with E-state index < -0.39 is 11.9 Å². The first-order valence-electron chi connectivity index (χ1n) is 11.0. The monoisotopic (exact) mass is 462 g/mol. The molecule has 3 N–H and O–H groups in total. The SMILES string of the molecule is O=C(O)N1CC2(CC(N3CCC(c4cc(F)ccc4O)CC3)CO2)C1.Oc1ccccc1F. The predicted octanol–water partition coefficient (Wildman–Crippen LogP) is 3.76. The molecule has 9 heteroatoms. The summed E-state index contributed by atoms with van der Waals surface area (Å²) < 4.78 is 31.5. The van der Waals surface area contributed by atoms with Gasteiger partial charge in [-0.05, 0) is 74.2 Å². The summed E-state index contributed by atoms with van der Waals surface area (Å²) in [6, 6.07) is 10.1. The molecule has 178 valence electrons. The number of nitrogens with zero attached hydrogens (tertiary/aromatic N) is 2. The third-order valence-corrected chi connectivity index (χ3v) is 6.75. The summed E-state index contributed by atoms with van der Waals surface area (Å²) in [7, 11) is 0. The van der Waals surface area contributed by atoms with Gasteiger partial charge in [0.25, 0.3) is 0 Å². The Bertz CT molecular complexity index is 970. The van der Waals surface area contributed by atoms with Gasteiger partial charge < -0.3 is 25.0 Å². The van der Waals surface area contributed by atoms with Crippen molar-refractivity contribution in [1.82, 2.24) is 9.80 Å². The number of carbonyl (C=O) groups is 1. The Morgan fingerprint density at radius 3 is 2.33 bits per heavy atom. The van der Waals surface area contributed by atoms with Crippen LogP contribution in [-0.4, -0.2) is 75.6 Å². The number of hydrogen-bond acceptors (Lipinski definition) is 5. The van der Waals surface area contributed by atoms with Gasteiger partial charge in [0.05, 0.1) is 19.7 Å². The number of carboxylic acid groups (broad SMARTS) is 1. The van der Waals surface area contributed by atoms with Gasteiger partial charge in [0, 0.05) is 6.04 Å². The van der Waals surface area contributed by atoms with Crippen LogP contribution in [0.4, 0.5) is 13.6 Å². The highest BCUT2D eigenvalue weighted by atomic mass is 19.1. The molecule has 3 aliphatic rings. The maximum atomic E-state index is 13.5. The number of phenolic OH excluding ortho intramolecular Hbond substituents is 2. The molecule has 2 aromatic rings. The highest BCUT2D eigenvalue weighted by Gasteiger charge is 2.52. The Morgan fingerprint density at radius 1 is 1.03 bits per heavy atom. The van der Waals surface area contributed by atoms with Crippen molar-refractivity contribution in [3.8, 4) is 11.5 Å². The van der Waals surface area contributed by atoms with Crippen LogP contribution >= 0.6 is 0 Å². The molecule has 0 saturated carbocycles. The number of benzene rings is 2. The minimum absolute atomic E-state index is 0.172. The van der Waals surface area contributed by atoms with Crippen molar-refractivity contribution >= 4 is 6.09 Å². The number of halogens is 2. The number of phenols is 2. The molecule has 1 spiro atoms. The molecule has 0 aromatic heterocycles. The van der Waals surface area contributed by atoms with E-state index >= 15 is 0 Å². The molecule has 0 bridgehead atoms. The summed E-state index contributed by atoms with van der Waals surface area (Å²) in [6.45, 7) is 3.34. The van der Waals surface area contributed by atoms with Crippen LogP contribution in [0, 0.1) is 11.6 Å². The second kappa shape index (κ2) is 9.52. The second-order valence-corrected chi connectivity index (χ2v) is 8.96. The first kappa shape index (κ1) is 23.3. The minimum Gasteiger partial charge on any atom is -0.508 e. The largest absolute Gasteiger partial charge is 0.508 e. The quantitative estimate of drug-likeness (QED) is 0.629. The number of rotatable bonds is 2. The Morgan fingerprint density at radius 2 is 1.73 bits per heavy atom. The van der Waals surface area contributed by atoms with E-state index in [1.165, 1.54) is 41.3 Å². The van der Waals surface area contributed by atoms with E-state index in [0.29, 0.717) is 31.3 Å². The van der Waals surface area contributed by atoms with Crippen molar-refractivity contribution in [2.45, 2.75) is 36.8 Å². The van der Waals surface area contributed by atoms with Crippen molar-refractivity contribution in [3.63, 3.8) is 0 Å². The van der Waals surface area contributed by atoms with Crippen LogP contribution in [0.5, 0.6) is 11.5 Å². The van der Waals surface area contributed by atoms with Crippen LogP contribution in [-0.2, 0) is 4.74 Å². The number of ether oxygens (including phenoxy) is 1. The van der Waals surface area contributed by atoms with Crippen molar-refractivity contribution in [2.24, 2.45) is 0 Å². The summed E-state index contributed by atoms with van der Waals surface area (Å²) in [5.74, 6) is -0.838. The Hall–Kier alpha value is -2.91. The normalized spacial score (nSPS) is 22.5. The topological polar surface area (TPSA) is 93.5 Å². The number of amides is 1. The molecule has 3 fully saturated rings. The fourth-order valence-corrected chi connectivity index (χ4v) is 4.94. The fraction of sp³-hybridized carbons (Fsp3) is 0.458. The van der Waals surface area contributed by atoms with Gasteiger partial charge in [-0.25, -0.2) is 13.6 Å². The highest BCUT2D eigenvalue weighted by Crippen LogP contribution is 2.40. The number of piperidine rings is 1. The van der Waals surface area contributed by atoms with E-state index in [0.717, 1.165) is 32.4 Å². The van der Waals surface area contributed by atoms with Crippen molar-refractivity contribution in [3.05, 3.63) is 59.7 Å². The van der Waals surface area contributed by atoms with Gasteiger partial charge in [-0.3, -0.25) is 4.90 Å². The van der Waals surface area contributed by atoms with Crippen LogP contribution < -0.4 is 0 Å². The van der Waals surface area contributed by atoms with E-state index in [9.17, 15) is 18.7 Å². The van der Waals surface area contributed by atoms with Crippen LogP contribution in [0.25, 0.3) is 0 Å². The number of hydrogen-bond donors (Lipinski definition) is 3. The minimum atomic E-state index is -0.881. The average Bonchev–Trinajstić information content (AvgIpc) is 3.23. The maximum Gasteiger partial charge on any atom is 0.407 e. The van der Waals surface area contributed by atoms with Crippen molar-refractivity contribution in [1.29, 1.82) is 0 Å². The van der Waals surface area contributed by atoms with Crippen LogP contribution in [0.2, 0.25) is 0 Å². The molecular formula is C24H28F2N2O5. The molecule has 3 heterocycles. The Kier molecular flexibility index (Phi) is 6.71. The Labute approximate surface area is 190 Å². The summed E-state index contributed by atoms with van der Waals surface area (Å²) in [5, 5.41) is 27.5. The van der Waals surface area contributed by atoms with Gasteiger partial charge in [0.15, 0.2) is 11.6 Å². The summed E-state index contributed by atoms with van der Waals surface area (Å²) in [5.41, 5.74) is 0.413. The van der Waals surface area contributed by atoms with Gasteiger partial charge in [-0.15, -0.1) is 0 Å². The lowest BCUT2D eigenvalue weighted by Gasteiger charge is -2.45. The first-order chi connectivity index (χ1) is 15.8. The van der Waals surface area contributed by atoms with E-state index in [1.807, 2.05) is 0 Å². The lowest BCUT2D eigenvalue weighted by atomic mass is 9.86. The van der Waals surface area contributed by atoms with E-state index in [-0.39, 0.29) is 28.8 Å². The lowest BCUT2D eigenvalue weighted by Crippen LogP contribution is -2.63. The Balaban J connectivity index is 0.000000275. The molecule has 7 nitrogen and oxygen atoms in total. The van der Waals surface area contributed by atoms with Crippen LogP contribution in [0.3, 0.4) is 0 Å². The molecule has 3 aliphatic heterocycles. The predicted molar refractivity (Wildman–Crippen MR) is 116 cm³/mol. The average molecular weight is 462 g/mol. The molecule has 3 saturated heterocycles. The van der Waals surface area contributed by atoms with Gasteiger partial charge in [0.2, 0.25) is 0 Å². The third-order valence-electron chi connectivity index (χ3n) is 6.75. The molecule has 1 unspecified atom stereocenters. The molecule has 1 atom stereocenters. The maximum absolute atomic E-state index is 13.5. The smallest absolute Gasteiger partial charge is 0.407 e.